The fourth-order valence-electron chi connectivity index (χ4n) is 1.11. The molecule has 0 saturated carbocycles. The molecule has 0 aliphatic heterocycles. The maximum atomic E-state index is 2.32. The van der Waals surface area contributed by atoms with Crippen molar-refractivity contribution < 1.29 is 0 Å². The van der Waals surface area contributed by atoms with Crippen molar-refractivity contribution in [2.45, 2.75) is 46.5 Å². The lowest BCUT2D eigenvalue weighted by molar-refractivity contribution is 0.531. The SMILES string of the molecule is CCC=CCC(C)CCC. The molecule has 1 atom stereocenters. The lowest BCUT2D eigenvalue weighted by atomic mass is 10.0. The van der Waals surface area contributed by atoms with E-state index in [0.717, 1.165) is 5.92 Å². The number of hydrogen-bond acceptors (Lipinski definition) is 0. The first-order chi connectivity index (χ1) is 4.81. The van der Waals surface area contributed by atoms with Gasteiger partial charge in [0.05, 0.1) is 0 Å². The van der Waals surface area contributed by atoms with Crippen molar-refractivity contribution in [3.8, 4) is 0 Å². The monoisotopic (exact) mass is 140 g/mol. The van der Waals surface area contributed by atoms with Gasteiger partial charge in [-0.15, -0.1) is 0 Å². The molecule has 0 aliphatic carbocycles. The van der Waals surface area contributed by atoms with Crippen LogP contribution in [0.1, 0.15) is 46.5 Å². The Morgan fingerprint density at radius 2 is 1.90 bits per heavy atom. The average Bonchev–Trinajstić information content (AvgIpc) is 1.89. The Morgan fingerprint density at radius 1 is 1.20 bits per heavy atom. The Kier molecular flexibility index (Phi) is 6.68. The molecule has 0 heterocycles. The van der Waals surface area contributed by atoms with Gasteiger partial charge >= 0.3 is 0 Å². The summed E-state index contributed by atoms with van der Waals surface area (Å²) >= 11 is 0. The summed E-state index contributed by atoms with van der Waals surface area (Å²) in [5.41, 5.74) is 0. The molecular weight excluding hydrogens is 120 g/mol. The van der Waals surface area contributed by atoms with Crippen molar-refractivity contribution in [1.29, 1.82) is 0 Å². The molecule has 0 saturated heterocycles. The summed E-state index contributed by atoms with van der Waals surface area (Å²) < 4.78 is 0. The van der Waals surface area contributed by atoms with Crippen LogP contribution in [-0.2, 0) is 0 Å². The summed E-state index contributed by atoms with van der Waals surface area (Å²) in [5.74, 6) is 0.882. The summed E-state index contributed by atoms with van der Waals surface area (Å²) in [6, 6.07) is 0. The van der Waals surface area contributed by atoms with Crippen LogP contribution in [0.5, 0.6) is 0 Å². The van der Waals surface area contributed by atoms with E-state index in [4.69, 9.17) is 0 Å². The lowest BCUT2D eigenvalue weighted by Crippen LogP contribution is -1.90. The van der Waals surface area contributed by atoms with E-state index >= 15 is 0 Å². The first-order valence-electron chi connectivity index (χ1n) is 4.46. The molecule has 0 rings (SSSR count). The molecule has 0 spiro atoms. The normalized spacial score (nSPS) is 14.3. The van der Waals surface area contributed by atoms with Crippen LogP contribution in [0.4, 0.5) is 0 Å². The molecule has 0 aromatic carbocycles. The van der Waals surface area contributed by atoms with Crippen LogP contribution in [0.15, 0.2) is 12.2 Å². The van der Waals surface area contributed by atoms with Crippen LogP contribution < -0.4 is 0 Å². The summed E-state index contributed by atoms with van der Waals surface area (Å²) in [4.78, 5) is 0. The summed E-state index contributed by atoms with van der Waals surface area (Å²) in [7, 11) is 0. The van der Waals surface area contributed by atoms with Gasteiger partial charge in [-0.3, -0.25) is 0 Å². The Bertz CT molecular complexity index is 82.0. The molecule has 60 valence electrons. The third-order valence-electron chi connectivity index (χ3n) is 1.72. The number of allylic oxidation sites excluding steroid dienone is 2. The molecule has 1 unspecified atom stereocenters. The third-order valence-corrected chi connectivity index (χ3v) is 1.72. The van der Waals surface area contributed by atoms with E-state index in [1.807, 2.05) is 0 Å². The van der Waals surface area contributed by atoms with Crippen molar-refractivity contribution in [2.75, 3.05) is 0 Å². The maximum absolute atomic E-state index is 2.32. The fourth-order valence-corrected chi connectivity index (χ4v) is 1.11. The van der Waals surface area contributed by atoms with Gasteiger partial charge in [0.1, 0.15) is 0 Å². The van der Waals surface area contributed by atoms with Crippen LogP contribution in [0.3, 0.4) is 0 Å². The van der Waals surface area contributed by atoms with Gasteiger partial charge in [0.25, 0.3) is 0 Å². The van der Waals surface area contributed by atoms with Gasteiger partial charge in [0.2, 0.25) is 0 Å². The highest BCUT2D eigenvalue weighted by Gasteiger charge is 1.95. The summed E-state index contributed by atoms with van der Waals surface area (Å²) in [6.45, 7) is 6.75. The van der Waals surface area contributed by atoms with Crippen molar-refractivity contribution in [3.63, 3.8) is 0 Å². The molecule has 0 radical (unpaired) electrons. The zero-order chi connectivity index (χ0) is 7.82. The standard InChI is InChI=1S/C10H20/c1-4-6-7-9-10(3)8-5-2/h6-7,10H,4-5,8-9H2,1-3H3. The van der Waals surface area contributed by atoms with E-state index in [2.05, 4.69) is 32.9 Å². The first kappa shape index (κ1) is 9.74. The van der Waals surface area contributed by atoms with Crippen LogP contribution in [-0.4, -0.2) is 0 Å². The molecule has 0 amide bonds. The van der Waals surface area contributed by atoms with Gasteiger partial charge in [-0.25, -0.2) is 0 Å². The lowest BCUT2D eigenvalue weighted by Gasteiger charge is -2.04. The summed E-state index contributed by atoms with van der Waals surface area (Å²) in [5, 5.41) is 0. The van der Waals surface area contributed by atoms with Crippen LogP contribution in [0.25, 0.3) is 0 Å². The second kappa shape index (κ2) is 6.85. The van der Waals surface area contributed by atoms with Crippen molar-refractivity contribution in [2.24, 2.45) is 5.92 Å². The van der Waals surface area contributed by atoms with Gasteiger partial charge in [0, 0.05) is 0 Å². The molecule has 10 heavy (non-hydrogen) atoms. The number of hydrogen-bond donors (Lipinski definition) is 0. The second-order valence-corrected chi connectivity index (χ2v) is 3.01. The Balaban J connectivity index is 3.20. The number of rotatable bonds is 5. The average molecular weight is 140 g/mol. The molecule has 0 N–H and O–H groups in total. The summed E-state index contributed by atoms with van der Waals surface area (Å²) in [6.07, 6.45) is 9.70. The predicted molar refractivity (Wildman–Crippen MR) is 48.1 cm³/mol. The molecule has 0 fully saturated rings. The highest BCUT2D eigenvalue weighted by molar-refractivity contribution is 4.81. The van der Waals surface area contributed by atoms with E-state index in [-0.39, 0.29) is 0 Å². The van der Waals surface area contributed by atoms with Crippen molar-refractivity contribution >= 4 is 0 Å². The smallest absolute Gasteiger partial charge is 0.0325 e. The predicted octanol–water partition coefficient (Wildman–Crippen LogP) is 3.78. The third kappa shape index (κ3) is 5.87. The Hall–Kier alpha value is -0.260. The topological polar surface area (TPSA) is 0 Å². The van der Waals surface area contributed by atoms with Gasteiger partial charge in [-0.1, -0.05) is 45.8 Å². The minimum absolute atomic E-state index is 0.882. The first-order valence-corrected chi connectivity index (χ1v) is 4.46. The Morgan fingerprint density at radius 3 is 2.40 bits per heavy atom. The van der Waals surface area contributed by atoms with E-state index in [9.17, 15) is 0 Å². The van der Waals surface area contributed by atoms with Crippen LogP contribution >= 0.6 is 0 Å². The van der Waals surface area contributed by atoms with Gasteiger partial charge in [-0.2, -0.15) is 0 Å². The molecule has 0 aromatic heterocycles. The fraction of sp³-hybridized carbons (Fsp3) is 0.800. The minimum Gasteiger partial charge on any atom is -0.0888 e. The molecule has 0 aliphatic rings. The minimum atomic E-state index is 0.882. The van der Waals surface area contributed by atoms with Crippen molar-refractivity contribution in [3.05, 3.63) is 12.2 Å². The maximum Gasteiger partial charge on any atom is -0.0325 e. The molecular formula is C10H20. The van der Waals surface area contributed by atoms with Crippen molar-refractivity contribution in [1.82, 2.24) is 0 Å². The molecule has 0 bridgehead atoms. The van der Waals surface area contributed by atoms with Gasteiger partial charge in [0.15, 0.2) is 0 Å². The molecule has 0 nitrogen and oxygen atoms in total. The van der Waals surface area contributed by atoms with E-state index < -0.39 is 0 Å². The second-order valence-electron chi connectivity index (χ2n) is 3.01. The van der Waals surface area contributed by atoms with Gasteiger partial charge in [-0.05, 0) is 18.8 Å². The Labute approximate surface area is 65.3 Å². The van der Waals surface area contributed by atoms with Crippen LogP contribution in [0, 0.1) is 5.92 Å². The highest BCUT2D eigenvalue weighted by Crippen LogP contribution is 2.09. The quantitative estimate of drug-likeness (QED) is 0.510. The van der Waals surface area contributed by atoms with Crippen LogP contribution in [0.2, 0.25) is 0 Å². The van der Waals surface area contributed by atoms with Gasteiger partial charge < -0.3 is 0 Å². The highest BCUT2D eigenvalue weighted by atomic mass is 14.0. The van der Waals surface area contributed by atoms with E-state index in [1.54, 1.807) is 0 Å². The zero-order valence-electron chi connectivity index (χ0n) is 7.56. The van der Waals surface area contributed by atoms with E-state index in [0.29, 0.717) is 0 Å². The largest absolute Gasteiger partial charge is 0.0888 e. The van der Waals surface area contributed by atoms with E-state index in [1.165, 1.54) is 25.7 Å². The zero-order valence-corrected chi connectivity index (χ0v) is 7.56. The molecule has 0 aromatic rings. The molecule has 0 heteroatoms.